The van der Waals surface area contributed by atoms with Crippen LogP contribution < -0.4 is 4.90 Å². The van der Waals surface area contributed by atoms with Crippen molar-refractivity contribution in [3.63, 3.8) is 0 Å². The number of nitrogens with zero attached hydrogens (tertiary/aromatic N) is 2. The summed E-state index contributed by atoms with van der Waals surface area (Å²) >= 11 is 0. The number of hydrogen-bond donors (Lipinski definition) is 1. The van der Waals surface area contributed by atoms with E-state index in [1.807, 2.05) is 6.20 Å². The Kier molecular flexibility index (Phi) is 3.56. The van der Waals surface area contributed by atoms with Crippen LogP contribution in [0.3, 0.4) is 0 Å². The third kappa shape index (κ3) is 2.82. The van der Waals surface area contributed by atoms with E-state index in [4.69, 9.17) is 0 Å². The number of anilines is 1. The second-order valence-corrected chi connectivity index (χ2v) is 5.25. The zero-order chi connectivity index (χ0) is 13.1. The second kappa shape index (κ2) is 5.49. The lowest BCUT2D eigenvalue weighted by molar-refractivity contribution is 0.247. The van der Waals surface area contributed by atoms with E-state index in [0.717, 1.165) is 32.7 Å². The summed E-state index contributed by atoms with van der Waals surface area (Å²) in [6, 6.07) is 12.9. The molecule has 1 fully saturated rings. The molecule has 1 aliphatic rings. The molecule has 3 nitrogen and oxygen atoms in total. The number of piperazine rings is 1. The van der Waals surface area contributed by atoms with Crippen molar-refractivity contribution >= 4 is 5.69 Å². The molecule has 0 aliphatic carbocycles. The predicted octanol–water partition coefficient (Wildman–Crippen LogP) is 2.65. The molecule has 2 aromatic rings. The highest BCUT2D eigenvalue weighted by atomic mass is 15.3. The number of hydrogen-bond acceptors (Lipinski definition) is 2. The third-order valence-corrected chi connectivity index (χ3v) is 3.88. The van der Waals surface area contributed by atoms with Crippen LogP contribution in [0.25, 0.3) is 0 Å². The van der Waals surface area contributed by atoms with Crippen LogP contribution in [0.2, 0.25) is 0 Å². The monoisotopic (exact) mass is 255 g/mol. The van der Waals surface area contributed by atoms with Crippen LogP contribution in [0.15, 0.2) is 42.6 Å². The van der Waals surface area contributed by atoms with Crippen LogP contribution >= 0.6 is 0 Å². The maximum atomic E-state index is 3.28. The largest absolute Gasteiger partial charge is 0.369 e. The molecule has 1 N–H and O–H groups in total. The van der Waals surface area contributed by atoms with Crippen LogP contribution in [0.1, 0.15) is 11.3 Å². The Morgan fingerprint density at radius 3 is 2.47 bits per heavy atom. The van der Waals surface area contributed by atoms with E-state index in [-0.39, 0.29) is 0 Å². The quantitative estimate of drug-likeness (QED) is 0.911. The first kappa shape index (κ1) is 12.3. The summed E-state index contributed by atoms with van der Waals surface area (Å²) in [5.41, 5.74) is 4.08. The number of nitrogens with one attached hydrogen (secondary N) is 1. The minimum Gasteiger partial charge on any atom is -0.369 e. The van der Waals surface area contributed by atoms with Gasteiger partial charge in [-0.2, -0.15) is 0 Å². The van der Waals surface area contributed by atoms with Gasteiger partial charge in [-0.05, 0) is 30.7 Å². The van der Waals surface area contributed by atoms with Gasteiger partial charge in [-0.3, -0.25) is 4.90 Å². The summed E-state index contributed by atoms with van der Waals surface area (Å²) in [5, 5.41) is 0. The highest BCUT2D eigenvalue weighted by molar-refractivity contribution is 5.53. The van der Waals surface area contributed by atoms with Crippen LogP contribution in [-0.2, 0) is 6.54 Å². The van der Waals surface area contributed by atoms with Gasteiger partial charge >= 0.3 is 0 Å². The zero-order valence-electron chi connectivity index (χ0n) is 11.5. The molecule has 1 aromatic carbocycles. The fourth-order valence-corrected chi connectivity index (χ4v) is 2.77. The van der Waals surface area contributed by atoms with E-state index in [2.05, 4.69) is 58.1 Å². The maximum Gasteiger partial charge on any atom is 0.0396 e. The molecule has 100 valence electrons. The van der Waals surface area contributed by atoms with Gasteiger partial charge < -0.3 is 9.88 Å². The average molecular weight is 255 g/mol. The molecule has 19 heavy (non-hydrogen) atoms. The van der Waals surface area contributed by atoms with Crippen molar-refractivity contribution in [1.82, 2.24) is 9.88 Å². The number of aromatic amines is 1. The van der Waals surface area contributed by atoms with E-state index >= 15 is 0 Å². The van der Waals surface area contributed by atoms with Gasteiger partial charge in [0, 0.05) is 50.3 Å². The number of aryl methyl sites for hydroxylation is 1. The molecular weight excluding hydrogens is 234 g/mol. The highest BCUT2D eigenvalue weighted by Gasteiger charge is 2.18. The molecule has 0 radical (unpaired) electrons. The van der Waals surface area contributed by atoms with Crippen molar-refractivity contribution in [3.05, 3.63) is 53.9 Å². The summed E-state index contributed by atoms with van der Waals surface area (Å²) < 4.78 is 0. The topological polar surface area (TPSA) is 22.3 Å². The van der Waals surface area contributed by atoms with E-state index in [1.54, 1.807) is 0 Å². The SMILES string of the molecule is Cc1ccccc1N1CCN(Cc2ccc[nH]2)CC1. The lowest BCUT2D eigenvalue weighted by Crippen LogP contribution is -2.46. The second-order valence-electron chi connectivity index (χ2n) is 5.25. The number of H-pyrrole nitrogens is 1. The summed E-state index contributed by atoms with van der Waals surface area (Å²) in [4.78, 5) is 8.30. The Labute approximate surface area is 114 Å². The van der Waals surface area contributed by atoms with Gasteiger partial charge in [-0.15, -0.1) is 0 Å². The Morgan fingerprint density at radius 2 is 1.79 bits per heavy atom. The Bertz CT molecular complexity index is 511. The Hall–Kier alpha value is -1.74. The van der Waals surface area contributed by atoms with Crippen molar-refractivity contribution in [1.29, 1.82) is 0 Å². The van der Waals surface area contributed by atoms with Gasteiger partial charge in [0.25, 0.3) is 0 Å². The van der Waals surface area contributed by atoms with Gasteiger partial charge in [0.1, 0.15) is 0 Å². The summed E-state index contributed by atoms with van der Waals surface area (Å²) in [6.45, 7) is 7.73. The first-order valence-corrected chi connectivity index (χ1v) is 6.98. The van der Waals surface area contributed by atoms with Gasteiger partial charge in [-0.25, -0.2) is 0 Å². The summed E-state index contributed by atoms with van der Waals surface area (Å²) in [5.74, 6) is 0. The molecule has 0 saturated carbocycles. The third-order valence-electron chi connectivity index (χ3n) is 3.88. The molecule has 3 rings (SSSR count). The Balaban J connectivity index is 1.59. The van der Waals surface area contributed by atoms with Crippen LogP contribution in [0.5, 0.6) is 0 Å². The molecule has 0 amide bonds. The smallest absolute Gasteiger partial charge is 0.0396 e. The first-order chi connectivity index (χ1) is 9.33. The van der Waals surface area contributed by atoms with E-state index in [1.165, 1.54) is 16.9 Å². The maximum absolute atomic E-state index is 3.28. The van der Waals surface area contributed by atoms with Crippen molar-refractivity contribution in [3.8, 4) is 0 Å². The molecule has 1 aliphatic heterocycles. The van der Waals surface area contributed by atoms with Crippen molar-refractivity contribution < 1.29 is 0 Å². The van der Waals surface area contributed by atoms with Crippen molar-refractivity contribution in [2.45, 2.75) is 13.5 Å². The number of benzene rings is 1. The van der Waals surface area contributed by atoms with Gasteiger partial charge in [0.15, 0.2) is 0 Å². The summed E-state index contributed by atoms with van der Waals surface area (Å²) in [6.07, 6.45) is 2.00. The Morgan fingerprint density at radius 1 is 1.00 bits per heavy atom. The van der Waals surface area contributed by atoms with Crippen LogP contribution in [0.4, 0.5) is 5.69 Å². The molecule has 3 heteroatoms. The molecule has 0 atom stereocenters. The van der Waals surface area contributed by atoms with Crippen LogP contribution in [0, 0.1) is 6.92 Å². The average Bonchev–Trinajstić information content (AvgIpc) is 2.93. The standard InChI is InChI=1S/C16H21N3/c1-14-5-2-3-7-16(14)19-11-9-18(10-12-19)13-15-6-4-8-17-15/h2-8,17H,9-13H2,1H3. The molecule has 2 heterocycles. The van der Waals surface area contributed by atoms with E-state index < -0.39 is 0 Å². The molecule has 0 spiro atoms. The minimum atomic E-state index is 1.04. The van der Waals surface area contributed by atoms with Crippen molar-refractivity contribution in [2.24, 2.45) is 0 Å². The molecule has 1 aromatic heterocycles. The molecule has 1 saturated heterocycles. The van der Waals surface area contributed by atoms with Gasteiger partial charge in [0.2, 0.25) is 0 Å². The number of para-hydroxylation sites is 1. The predicted molar refractivity (Wildman–Crippen MR) is 79.5 cm³/mol. The first-order valence-electron chi connectivity index (χ1n) is 6.98. The number of aromatic nitrogens is 1. The van der Waals surface area contributed by atoms with E-state index in [9.17, 15) is 0 Å². The molecular formula is C16H21N3. The normalized spacial score (nSPS) is 16.8. The highest BCUT2D eigenvalue weighted by Crippen LogP contribution is 2.21. The lowest BCUT2D eigenvalue weighted by atomic mass is 10.1. The van der Waals surface area contributed by atoms with Gasteiger partial charge in [0.05, 0.1) is 0 Å². The molecule has 0 bridgehead atoms. The zero-order valence-corrected chi connectivity index (χ0v) is 11.5. The fourth-order valence-electron chi connectivity index (χ4n) is 2.77. The van der Waals surface area contributed by atoms with E-state index in [0.29, 0.717) is 0 Å². The number of rotatable bonds is 3. The van der Waals surface area contributed by atoms with Gasteiger partial charge in [-0.1, -0.05) is 18.2 Å². The fraction of sp³-hybridized carbons (Fsp3) is 0.375. The minimum absolute atomic E-state index is 1.04. The van der Waals surface area contributed by atoms with Crippen LogP contribution in [-0.4, -0.2) is 36.1 Å². The lowest BCUT2D eigenvalue weighted by Gasteiger charge is -2.36. The summed E-state index contributed by atoms with van der Waals surface area (Å²) in [7, 11) is 0. The molecule has 0 unspecified atom stereocenters. The van der Waals surface area contributed by atoms with Crippen molar-refractivity contribution in [2.75, 3.05) is 31.1 Å².